The van der Waals surface area contributed by atoms with Crippen molar-refractivity contribution in [2.45, 2.75) is 26.7 Å². The van der Waals surface area contributed by atoms with Crippen LogP contribution in [0.25, 0.3) is 0 Å². The molecule has 0 aromatic rings. The fourth-order valence-electron chi connectivity index (χ4n) is 1.83. The minimum Gasteiger partial charge on any atom is -0.212 e. The first-order chi connectivity index (χ1) is 6.95. The molecule has 1 saturated heterocycles. The van der Waals surface area contributed by atoms with Crippen LogP contribution in [-0.4, -0.2) is 31.6 Å². The lowest BCUT2D eigenvalue weighted by Crippen LogP contribution is -2.40. The molecule has 1 heterocycles. The summed E-state index contributed by atoms with van der Waals surface area (Å²) < 4.78 is 25.3. The largest absolute Gasteiger partial charge is 0.214 e. The summed E-state index contributed by atoms with van der Waals surface area (Å²) in [7, 11) is -3.05. The lowest BCUT2D eigenvalue weighted by Gasteiger charge is -2.29. The molecule has 0 aromatic heterocycles. The maximum Gasteiger partial charge on any atom is 0.214 e. The topological polar surface area (TPSA) is 37.4 Å². The fourth-order valence-corrected chi connectivity index (χ4v) is 3.65. The summed E-state index contributed by atoms with van der Waals surface area (Å²) in [4.78, 5) is 0. The highest BCUT2D eigenvalue weighted by Gasteiger charge is 2.27. The Morgan fingerprint density at radius 2 is 1.93 bits per heavy atom. The van der Waals surface area contributed by atoms with E-state index < -0.39 is 10.0 Å². The molecule has 0 unspecified atom stereocenters. The van der Waals surface area contributed by atoms with Crippen LogP contribution in [0, 0.1) is 24.2 Å². The van der Waals surface area contributed by atoms with Crippen molar-refractivity contribution in [3.8, 4) is 12.3 Å². The van der Waals surface area contributed by atoms with Gasteiger partial charge in [-0.1, -0.05) is 13.8 Å². The van der Waals surface area contributed by atoms with Gasteiger partial charge in [0.25, 0.3) is 0 Å². The van der Waals surface area contributed by atoms with E-state index in [-0.39, 0.29) is 17.6 Å². The molecule has 0 N–H and O–H groups in total. The Morgan fingerprint density at radius 3 is 2.33 bits per heavy atom. The zero-order valence-electron chi connectivity index (χ0n) is 9.44. The van der Waals surface area contributed by atoms with Crippen LogP contribution in [0.1, 0.15) is 26.7 Å². The molecular weight excluding hydrogens is 210 g/mol. The molecule has 0 amide bonds. The van der Waals surface area contributed by atoms with Gasteiger partial charge in [-0.05, 0) is 18.8 Å². The highest BCUT2D eigenvalue weighted by molar-refractivity contribution is 7.89. The molecule has 3 nitrogen and oxygen atoms in total. The highest BCUT2D eigenvalue weighted by atomic mass is 32.2. The Hall–Kier alpha value is -0.530. The van der Waals surface area contributed by atoms with E-state index in [0.29, 0.717) is 13.1 Å². The zero-order chi connectivity index (χ0) is 11.5. The van der Waals surface area contributed by atoms with Crippen LogP contribution < -0.4 is 0 Å². The van der Waals surface area contributed by atoms with E-state index in [9.17, 15) is 8.42 Å². The van der Waals surface area contributed by atoms with Crippen LogP contribution in [0.4, 0.5) is 0 Å². The van der Waals surface area contributed by atoms with Gasteiger partial charge in [0.2, 0.25) is 10.0 Å². The predicted octanol–water partition coefficient (Wildman–Crippen LogP) is 1.32. The number of nitrogens with zero attached hydrogens (tertiary/aromatic N) is 1. The number of hydrogen-bond acceptors (Lipinski definition) is 2. The normalized spacial score (nSPS) is 20.4. The summed E-state index contributed by atoms with van der Waals surface area (Å²) in [6.45, 7) is 5.02. The number of sulfonamides is 1. The lowest BCUT2D eigenvalue weighted by atomic mass is 10.00. The molecule has 0 aromatic carbocycles. The number of rotatable bonds is 3. The van der Waals surface area contributed by atoms with E-state index in [4.69, 9.17) is 6.42 Å². The molecular formula is C11H19NO2S. The minimum atomic E-state index is -3.05. The van der Waals surface area contributed by atoms with Gasteiger partial charge in [-0.3, -0.25) is 0 Å². The summed E-state index contributed by atoms with van der Waals surface area (Å²) >= 11 is 0. The standard InChI is InChI=1S/C11H19NO2S/c1-4-11-5-7-12(8-6-11)15(13,14)9-10(2)3/h1,10-11H,5-9H2,2-3H3. The van der Waals surface area contributed by atoms with Gasteiger partial charge in [0.1, 0.15) is 0 Å². The van der Waals surface area contributed by atoms with E-state index in [1.165, 1.54) is 0 Å². The van der Waals surface area contributed by atoms with E-state index in [0.717, 1.165) is 12.8 Å². The van der Waals surface area contributed by atoms with Crippen LogP contribution in [0.5, 0.6) is 0 Å². The van der Waals surface area contributed by atoms with Crippen molar-refractivity contribution in [3.63, 3.8) is 0 Å². The smallest absolute Gasteiger partial charge is 0.212 e. The Labute approximate surface area is 92.9 Å². The summed E-state index contributed by atoms with van der Waals surface area (Å²) in [5.41, 5.74) is 0. The first-order valence-corrected chi connectivity index (χ1v) is 7.00. The third kappa shape index (κ3) is 3.51. The van der Waals surface area contributed by atoms with Gasteiger partial charge in [0.15, 0.2) is 0 Å². The van der Waals surface area contributed by atoms with Gasteiger partial charge in [0.05, 0.1) is 5.75 Å². The monoisotopic (exact) mass is 229 g/mol. The van der Waals surface area contributed by atoms with Gasteiger partial charge in [0, 0.05) is 19.0 Å². The van der Waals surface area contributed by atoms with Crippen LogP contribution in [-0.2, 0) is 10.0 Å². The molecule has 15 heavy (non-hydrogen) atoms. The summed E-state index contributed by atoms with van der Waals surface area (Å²) in [5, 5.41) is 0. The average molecular weight is 229 g/mol. The van der Waals surface area contributed by atoms with Crippen LogP contribution in [0.15, 0.2) is 0 Å². The maximum absolute atomic E-state index is 11.9. The van der Waals surface area contributed by atoms with Crippen molar-refractivity contribution in [2.24, 2.45) is 11.8 Å². The quantitative estimate of drug-likeness (QED) is 0.684. The van der Waals surface area contributed by atoms with E-state index in [1.54, 1.807) is 4.31 Å². The van der Waals surface area contributed by atoms with E-state index in [2.05, 4.69) is 5.92 Å². The predicted molar refractivity (Wildman–Crippen MR) is 61.8 cm³/mol. The van der Waals surface area contributed by atoms with Gasteiger partial charge in [-0.25, -0.2) is 12.7 Å². The number of piperidine rings is 1. The van der Waals surface area contributed by atoms with Crippen molar-refractivity contribution in [1.29, 1.82) is 0 Å². The van der Waals surface area contributed by atoms with Gasteiger partial charge in [-0.15, -0.1) is 12.3 Å². The molecule has 0 bridgehead atoms. The van der Waals surface area contributed by atoms with Crippen molar-refractivity contribution in [2.75, 3.05) is 18.8 Å². The Kier molecular flexibility index (Phi) is 4.18. The number of terminal acetylenes is 1. The second kappa shape index (κ2) is 5.00. The van der Waals surface area contributed by atoms with Crippen molar-refractivity contribution < 1.29 is 8.42 Å². The van der Waals surface area contributed by atoms with Crippen LogP contribution >= 0.6 is 0 Å². The molecule has 0 aliphatic carbocycles. The molecule has 1 rings (SSSR count). The maximum atomic E-state index is 11.9. The summed E-state index contributed by atoms with van der Waals surface area (Å²) in [6, 6.07) is 0. The molecule has 1 fully saturated rings. The van der Waals surface area contributed by atoms with Gasteiger partial charge < -0.3 is 0 Å². The minimum absolute atomic E-state index is 0.181. The first-order valence-electron chi connectivity index (χ1n) is 5.39. The molecule has 0 radical (unpaired) electrons. The van der Waals surface area contributed by atoms with Gasteiger partial charge in [-0.2, -0.15) is 0 Å². The summed E-state index contributed by atoms with van der Waals surface area (Å²) in [6.07, 6.45) is 6.92. The van der Waals surface area contributed by atoms with E-state index in [1.807, 2.05) is 13.8 Å². The fraction of sp³-hybridized carbons (Fsp3) is 0.818. The van der Waals surface area contributed by atoms with Crippen LogP contribution in [0.3, 0.4) is 0 Å². The molecule has 0 atom stereocenters. The highest BCUT2D eigenvalue weighted by Crippen LogP contribution is 2.19. The third-order valence-electron chi connectivity index (χ3n) is 2.63. The molecule has 1 aliphatic heterocycles. The molecule has 4 heteroatoms. The molecule has 0 spiro atoms. The van der Waals surface area contributed by atoms with Crippen LogP contribution in [0.2, 0.25) is 0 Å². The van der Waals surface area contributed by atoms with E-state index >= 15 is 0 Å². The molecule has 86 valence electrons. The lowest BCUT2D eigenvalue weighted by molar-refractivity contribution is 0.310. The van der Waals surface area contributed by atoms with Gasteiger partial charge >= 0.3 is 0 Å². The zero-order valence-corrected chi connectivity index (χ0v) is 10.3. The Morgan fingerprint density at radius 1 is 1.40 bits per heavy atom. The first kappa shape index (κ1) is 12.5. The second-order valence-electron chi connectivity index (χ2n) is 4.51. The average Bonchev–Trinajstić information content (AvgIpc) is 2.16. The summed E-state index contributed by atoms with van der Waals surface area (Å²) in [5.74, 6) is 3.38. The van der Waals surface area contributed by atoms with Crippen molar-refractivity contribution in [1.82, 2.24) is 4.31 Å². The van der Waals surface area contributed by atoms with Crippen molar-refractivity contribution >= 4 is 10.0 Å². The van der Waals surface area contributed by atoms with Crippen molar-refractivity contribution in [3.05, 3.63) is 0 Å². The molecule has 0 saturated carbocycles. The molecule has 1 aliphatic rings. The Bertz CT molecular complexity index is 332. The SMILES string of the molecule is C#CC1CCN(S(=O)(=O)CC(C)C)CC1. The Balaban J connectivity index is 2.57. The third-order valence-corrected chi connectivity index (χ3v) is 4.87. The second-order valence-corrected chi connectivity index (χ2v) is 6.53. The number of hydrogen-bond donors (Lipinski definition) is 0.